The maximum Gasteiger partial charge on any atom is 0.255 e. The highest BCUT2D eigenvalue weighted by atomic mass is 32.2. The Bertz CT molecular complexity index is 1140. The van der Waals surface area contributed by atoms with Gasteiger partial charge in [-0.05, 0) is 34.9 Å². The van der Waals surface area contributed by atoms with Crippen molar-refractivity contribution in [2.24, 2.45) is 0 Å². The number of pyridine rings is 1. The molecule has 6 nitrogen and oxygen atoms in total. The highest BCUT2D eigenvalue weighted by Gasteiger charge is 2.25. The van der Waals surface area contributed by atoms with Crippen LogP contribution in [0.3, 0.4) is 0 Å². The van der Waals surface area contributed by atoms with Gasteiger partial charge < -0.3 is 9.80 Å². The summed E-state index contributed by atoms with van der Waals surface area (Å²) in [5.41, 5.74) is 1.78. The molecule has 4 rings (SSSR count). The van der Waals surface area contributed by atoms with Gasteiger partial charge in [0.2, 0.25) is 0 Å². The van der Waals surface area contributed by atoms with Crippen molar-refractivity contribution in [3.63, 3.8) is 0 Å². The van der Waals surface area contributed by atoms with Crippen LogP contribution in [0.15, 0.2) is 60.8 Å². The van der Waals surface area contributed by atoms with Gasteiger partial charge in [-0.3, -0.25) is 4.79 Å². The number of fused-ring (bicyclic) bond motifs is 1. The van der Waals surface area contributed by atoms with E-state index in [-0.39, 0.29) is 30.5 Å². The third kappa shape index (κ3) is 4.46. The van der Waals surface area contributed by atoms with E-state index in [2.05, 4.69) is 46.3 Å². The topological polar surface area (TPSA) is 70.6 Å². The number of hydrogen-bond acceptors (Lipinski definition) is 5. The Morgan fingerprint density at radius 1 is 1.03 bits per heavy atom. The van der Waals surface area contributed by atoms with Crippen LogP contribution in [0.4, 0.5) is 5.82 Å². The average molecular weight is 424 g/mol. The van der Waals surface area contributed by atoms with Crippen molar-refractivity contribution >= 4 is 32.3 Å². The second-order valence-corrected chi connectivity index (χ2v) is 9.96. The number of aromatic nitrogens is 1. The monoisotopic (exact) mass is 423 g/mol. The van der Waals surface area contributed by atoms with Crippen LogP contribution < -0.4 is 4.90 Å². The lowest BCUT2D eigenvalue weighted by molar-refractivity contribution is 0.0770. The van der Waals surface area contributed by atoms with Crippen LogP contribution in [0, 0.1) is 0 Å². The van der Waals surface area contributed by atoms with Gasteiger partial charge >= 0.3 is 0 Å². The molecule has 0 radical (unpaired) electrons. The normalized spacial score (nSPS) is 15.8. The SMILES string of the molecule is CN(CCc1cccc2ccccc12)c1ccc(C(=O)N2CCS(=O)(=O)CC2)cn1. The highest BCUT2D eigenvalue weighted by molar-refractivity contribution is 7.91. The van der Waals surface area contributed by atoms with Gasteiger partial charge in [0.25, 0.3) is 5.91 Å². The molecule has 2 heterocycles. The quantitative estimate of drug-likeness (QED) is 0.631. The number of nitrogens with zero attached hydrogens (tertiary/aromatic N) is 3. The van der Waals surface area contributed by atoms with Crippen LogP contribution in [0.2, 0.25) is 0 Å². The third-order valence-corrected chi connectivity index (χ3v) is 7.22. The molecule has 0 spiro atoms. The van der Waals surface area contributed by atoms with Crippen LogP contribution in [0.5, 0.6) is 0 Å². The Balaban J connectivity index is 1.39. The Hall–Kier alpha value is -2.93. The molecule has 0 N–H and O–H groups in total. The minimum Gasteiger partial charge on any atom is -0.359 e. The number of carbonyl (C=O) groups excluding carboxylic acids is 1. The number of sulfone groups is 1. The molecular weight excluding hydrogens is 398 g/mol. The maximum atomic E-state index is 12.6. The Morgan fingerprint density at radius 2 is 1.77 bits per heavy atom. The predicted octanol–water partition coefficient (Wildman–Crippen LogP) is 2.78. The van der Waals surface area contributed by atoms with Crippen LogP contribution in [0.1, 0.15) is 15.9 Å². The summed E-state index contributed by atoms with van der Waals surface area (Å²) in [7, 11) is -1.02. The van der Waals surface area contributed by atoms with E-state index < -0.39 is 9.84 Å². The van der Waals surface area contributed by atoms with Crippen LogP contribution in [-0.2, 0) is 16.3 Å². The lowest BCUT2D eigenvalue weighted by Gasteiger charge is -2.26. The van der Waals surface area contributed by atoms with Crippen molar-refractivity contribution < 1.29 is 13.2 Å². The first-order chi connectivity index (χ1) is 14.4. The van der Waals surface area contributed by atoms with E-state index in [1.165, 1.54) is 16.3 Å². The summed E-state index contributed by atoms with van der Waals surface area (Å²) in [5, 5.41) is 2.51. The lowest BCUT2D eigenvalue weighted by Crippen LogP contribution is -2.43. The summed E-state index contributed by atoms with van der Waals surface area (Å²) in [6.07, 6.45) is 2.47. The number of amides is 1. The van der Waals surface area contributed by atoms with Gasteiger partial charge in [0.1, 0.15) is 5.82 Å². The molecule has 2 aromatic carbocycles. The number of hydrogen-bond donors (Lipinski definition) is 0. The first kappa shape index (κ1) is 20.3. The molecular formula is C23H25N3O3S. The first-order valence-corrected chi connectivity index (χ1v) is 11.9. The van der Waals surface area contributed by atoms with Gasteiger partial charge in [-0.2, -0.15) is 0 Å². The number of rotatable bonds is 5. The molecule has 0 aliphatic carbocycles. The zero-order valence-corrected chi connectivity index (χ0v) is 17.8. The Morgan fingerprint density at radius 3 is 2.50 bits per heavy atom. The summed E-state index contributed by atoms with van der Waals surface area (Å²) in [6, 6.07) is 18.4. The van der Waals surface area contributed by atoms with Gasteiger partial charge in [0.05, 0.1) is 17.1 Å². The second-order valence-electron chi connectivity index (χ2n) is 7.66. The lowest BCUT2D eigenvalue weighted by atomic mass is 10.0. The number of benzene rings is 2. The minimum atomic E-state index is -3.01. The summed E-state index contributed by atoms with van der Waals surface area (Å²) < 4.78 is 23.1. The van der Waals surface area contributed by atoms with Crippen LogP contribution in [-0.4, -0.2) is 62.4 Å². The van der Waals surface area contributed by atoms with E-state index in [1.807, 2.05) is 19.2 Å². The maximum absolute atomic E-state index is 12.6. The summed E-state index contributed by atoms with van der Waals surface area (Å²) in [4.78, 5) is 20.7. The fourth-order valence-electron chi connectivity index (χ4n) is 3.75. The van der Waals surface area contributed by atoms with E-state index in [0.717, 1.165) is 18.8 Å². The molecule has 3 aromatic rings. The number of likely N-dealkylation sites (N-methyl/N-ethyl adjacent to an activating group) is 1. The summed E-state index contributed by atoms with van der Waals surface area (Å²) >= 11 is 0. The first-order valence-electron chi connectivity index (χ1n) is 10.1. The van der Waals surface area contributed by atoms with Crippen molar-refractivity contribution in [1.29, 1.82) is 0 Å². The molecule has 30 heavy (non-hydrogen) atoms. The predicted molar refractivity (Wildman–Crippen MR) is 120 cm³/mol. The largest absolute Gasteiger partial charge is 0.359 e. The van der Waals surface area contributed by atoms with Crippen molar-refractivity contribution in [2.45, 2.75) is 6.42 Å². The third-order valence-electron chi connectivity index (χ3n) is 5.61. The molecule has 156 valence electrons. The number of anilines is 1. The molecule has 7 heteroatoms. The molecule has 1 saturated heterocycles. The number of carbonyl (C=O) groups is 1. The van der Waals surface area contributed by atoms with Gasteiger partial charge in [-0.1, -0.05) is 42.5 Å². The van der Waals surface area contributed by atoms with Crippen LogP contribution in [0.25, 0.3) is 10.8 Å². The van der Waals surface area contributed by atoms with Crippen LogP contribution >= 0.6 is 0 Å². The minimum absolute atomic E-state index is 0.0289. The van der Waals surface area contributed by atoms with Crippen molar-refractivity contribution in [1.82, 2.24) is 9.88 Å². The van der Waals surface area contributed by atoms with Crippen molar-refractivity contribution in [2.75, 3.05) is 43.1 Å². The second kappa shape index (κ2) is 8.44. The fourth-order valence-corrected chi connectivity index (χ4v) is 4.95. The van der Waals surface area contributed by atoms with Crippen molar-refractivity contribution in [3.05, 3.63) is 71.9 Å². The molecule has 1 aliphatic rings. The van der Waals surface area contributed by atoms with E-state index >= 15 is 0 Å². The van der Waals surface area contributed by atoms with E-state index in [1.54, 1.807) is 17.2 Å². The Kier molecular flexibility index (Phi) is 5.72. The van der Waals surface area contributed by atoms with E-state index in [0.29, 0.717) is 5.56 Å². The molecule has 1 fully saturated rings. The molecule has 1 aliphatic heterocycles. The van der Waals surface area contributed by atoms with E-state index in [9.17, 15) is 13.2 Å². The summed E-state index contributed by atoms with van der Waals surface area (Å²) in [6.45, 7) is 1.29. The summed E-state index contributed by atoms with van der Waals surface area (Å²) in [5.74, 6) is 0.692. The molecule has 1 amide bonds. The van der Waals surface area contributed by atoms with Gasteiger partial charge in [-0.25, -0.2) is 13.4 Å². The Labute approximate surface area is 177 Å². The van der Waals surface area contributed by atoms with Gasteiger partial charge in [0.15, 0.2) is 9.84 Å². The highest BCUT2D eigenvalue weighted by Crippen LogP contribution is 2.20. The average Bonchev–Trinajstić information content (AvgIpc) is 2.77. The molecule has 0 saturated carbocycles. The smallest absolute Gasteiger partial charge is 0.255 e. The van der Waals surface area contributed by atoms with E-state index in [4.69, 9.17) is 0 Å². The fraction of sp³-hybridized carbons (Fsp3) is 0.304. The van der Waals surface area contributed by atoms with Crippen molar-refractivity contribution in [3.8, 4) is 0 Å². The zero-order chi connectivity index (χ0) is 21.1. The van der Waals surface area contributed by atoms with Gasteiger partial charge in [0, 0.05) is 32.9 Å². The van der Waals surface area contributed by atoms with Gasteiger partial charge in [-0.15, -0.1) is 0 Å². The molecule has 1 aromatic heterocycles. The zero-order valence-electron chi connectivity index (χ0n) is 17.0. The molecule has 0 atom stereocenters. The standard InChI is InChI=1S/C23H25N3O3S/c1-25(12-11-19-7-4-6-18-5-2-3-8-21(18)19)22-10-9-20(17-24-22)23(27)26-13-15-30(28,29)16-14-26/h2-10,17H,11-16H2,1H3. The molecule has 0 bridgehead atoms. The molecule has 0 unspecified atom stereocenters.